The van der Waals surface area contributed by atoms with Crippen molar-refractivity contribution < 1.29 is 0 Å². The Morgan fingerprint density at radius 3 is 1.93 bits per heavy atom. The lowest BCUT2D eigenvalue weighted by molar-refractivity contribution is 0.423. The van der Waals surface area contributed by atoms with Gasteiger partial charge < -0.3 is 0 Å². The molecule has 1 saturated carbocycles. The van der Waals surface area contributed by atoms with Crippen molar-refractivity contribution in [3.05, 3.63) is 35.9 Å². The summed E-state index contributed by atoms with van der Waals surface area (Å²) in [7, 11) is 3.13. The van der Waals surface area contributed by atoms with Crippen LogP contribution in [0.25, 0.3) is 0 Å². The minimum Gasteiger partial charge on any atom is -0.126 e. The minimum atomic E-state index is 0.363. The third kappa shape index (κ3) is 2.82. The molecular weight excluding hydrogens is 199 g/mol. The lowest BCUT2D eigenvalue weighted by Crippen LogP contribution is -2.19. The van der Waals surface area contributed by atoms with Crippen LogP contribution in [0.2, 0.25) is 0 Å². The van der Waals surface area contributed by atoms with Gasteiger partial charge in [0, 0.05) is 5.16 Å². The van der Waals surface area contributed by atoms with Crippen molar-refractivity contribution in [2.24, 2.45) is 0 Å². The molecule has 0 aromatic heterocycles. The van der Waals surface area contributed by atoms with E-state index in [0.29, 0.717) is 5.16 Å². The number of benzene rings is 1. The molecule has 0 amide bonds. The van der Waals surface area contributed by atoms with Gasteiger partial charge in [0.2, 0.25) is 0 Å². The molecule has 0 radical (unpaired) electrons. The normalized spacial score (nSPS) is 21.7. The Labute approximate surface area is 95.7 Å². The van der Waals surface area contributed by atoms with E-state index in [0.717, 1.165) is 0 Å². The molecule has 0 N–H and O–H groups in total. The lowest BCUT2D eigenvalue weighted by Gasteiger charge is -2.32. The molecule has 1 heteroatoms. The molecule has 1 aliphatic rings. The highest BCUT2D eigenvalue weighted by atomic mass is 31.0. The zero-order valence-electron chi connectivity index (χ0n) is 9.41. The van der Waals surface area contributed by atoms with Crippen molar-refractivity contribution in [2.75, 3.05) is 0 Å². The highest BCUT2D eigenvalue weighted by Gasteiger charge is 2.26. The molecule has 2 rings (SSSR count). The van der Waals surface area contributed by atoms with Crippen LogP contribution in [-0.4, -0.2) is 0 Å². The first-order valence-corrected chi connectivity index (χ1v) is 6.73. The number of hydrogen-bond acceptors (Lipinski definition) is 0. The zero-order chi connectivity index (χ0) is 10.6. The van der Waals surface area contributed by atoms with Gasteiger partial charge in [-0.15, -0.1) is 9.24 Å². The van der Waals surface area contributed by atoms with Crippen LogP contribution >= 0.6 is 9.24 Å². The molecule has 1 atom stereocenters. The first kappa shape index (κ1) is 11.1. The van der Waals surface area contributed by atoms with Gasteiger partial charge in [0.1, 0.15) is 0 Å². The van der Waals surface area contributed by atoms with E-state index in [1.54, 1.807) is 0 Å². The average molecular weight is 220 g/mol. The van der Waals surface area contributed by atoms with E-state index in [2.05, 4.69) is 39.6 Å². The van der Waals surface area contributed by atoms with E-state index in [1.807, 2.05) is 0 Å². The third-order valence-electron chi connectivity index (χ3n) is 3.59. The predicted molar refractivity (Wildman–Crippen MR) is 70.1 cm³/mol. The van der Waals surface area contributed by atoms with Gasteiger partial charge in [-0.05, 0) is 18.4 Å². The van der Waals surface area contributed by atoms with Crippen LogP contribution in [0, 0.1) is 0 Å². The molecular formula is C14H21P. The Bertz CT molecular complexity index is 283. The van der Waals surface area contributed by atoms with Crippen molar-refractivity contribution >= 4 is 9.24 Å². The molecule has 1 aromatic carbocycles. The van der Waals surface area contributed by atoms with Crippen LogP contribution in [0.4, 0.5) is 0 Å². The van der Waals surface area contributed by atoms with Crippen LogP contribution < -0.4 is 0 Å². The van der Waals surface area contributed by atoms with Crippen molar-refractivity contribution in [1.82, 2.24) is 0 Å². The first-order chi connectivity index (χ1) is 7.31. The predicted octanol–water partition coefficient (Wildman–Crippen LogP) is 4.50. The molecule has 0 heterocycles. The zero-order valence-corrected chi connectivity index (χ0v) is 10.6. The maximum absolute atomic E-state index is 3.13. The standard InChI is InChI=1S/C14H21P/c15-14(13-9-5-4-6-10-13)11-7-2-1-3-8-12-14/h4-6,9-10H,1-3,7-8,11-12,15H2. The Morgan fingerprint density at radius 1 is 0.800 bits per heavy atom. The van der Waals surface area contributed by atoms with E-state index in [1.165, 1.54) is 50.5 Å². The maximum atomic E-state index is 3.13. The molecule has 82 valence electrons. The number of hydrogen-bond donors (Lipinski definition) is 0. The second-order valence-corrected chi connectivity index (χ2v) is 5.90. The minimum absolute atomic E-state index is 0.363. The summed E-state index contributed by atoms with van der Waals surface area (Å²) in [6, 6.07) is 11.0. The molecule has 0 aliphatic heterocycles. The molecule has 0 bridgehead atoms. The summed E-state index contributed by atoms with van der Waals surface area (Å²) in [4.78, 5) is 0. The molecule has 1 unspecified atom stereocenters. The second-order valence-electron chi connectivity index (χ2n) is 4.79. The van der Waals surface area contributed by atoms with Gasteiger partial charge in [0.25, 0.3) is 0 Å². The molecule has 15 heavy (non-hydrogen) atoms. The van der Waals surface area contributed by atoms with Crippen molar-refractivity contribution in [1.29, 1.82) is 0 Å². The summed E-state index contributed by atoms with van der Waals surface area (Å²) in [5.41, 5.74) is 1.51. The topological polar surface area (TPSA) is 0 Å². The molecule has 1 aromatic rings. The van der Waals surface area contributed by atoms with E-state index >= 15 is 0 Å². The summed E-state index contributed by atoms with van der Waals surface area (Å²) in [5.74, 6) is 0. The molecule has 1 fully saturated rings. The summed E-state index contributed by atoms with van der Waals surface area (Å²) < 4.78 is 0. The van der Waals surface area contributed by atoms with Crippen LogP contribution in [-0.2, 0) is 5.16 Å². The van der Waals surface area contributed by atoms with Crippen molar-refractivity contribution in [3.63, 3.8) is 0 Å². The molecule has 0 spiro atoms. The van der Waals surface area contributed by atoms with Crippen LogP contribution in [0.5, 0.6) is 0 Å². The lowest BCUT2D eigenvalue weighted by atomic mass is 9.85. The summed E-state index contributed by atoms with van der Waals surface area (Å²) in [6.45, 7) is 0. The van der Waals surface area contributed by atoms with Gasteiger partial charge >= 0.3 is 0 Å². The highest BCUT2D eigenvalue weighted by Crippen LogP contribution is 2.42. The van der Waals surface area contributed by atoms with Crippen LogP contribution in [0.15, 0.2) is 30.3 Å². The maximum Gasteiger partial charge on any atom is 0.00975 e. The summed E-state index contributed by atoms with van der Waals surface area (Å²) >= 11 is 0. The van der Waals surface area contributed by atoms with Gasteiger partial charge in [-0.3, -0.25) is 0 Å². The SMILES string of the molecule is PC1(c2ccccc2)CCCCCCC1. The second kappa shape index (κ2) is 5.12. The Morgan fingerprint density at radius 2 is 1.33 bits per heavy atom. The molecule has 0 nitrogen and oxygen atoms in total. The van der Waals surface area contributed by atoms with Crippen LogP contribution in [0.1, 0.15) is 50.5 Å². The molecule has 1 aliphatic carbocycles. The smallest absolute Gasteiger partial charge is 0.00975 e. The first-order valence-electron chi connectivity index (χ1n) is 6.16. The van der Waals surface area contributed by atoms with Gasteiger partial charge in [0.15, 0.2) is 0 Å². The monoisotopic (exact) mass is 220 g/mol. The molecule has 0 saturated heterocycles. The fourth-order valence-electron chi connectivity index (χ4n) is 2.59. The quantitative estimate of drug-likeness (QED) is 0.611. The highest BCUT2D eigenvalue weighted by molar-refractivity contribution is 7.18. The van der Waals surface area contributed by atoms with Crippen LogP contribution in [0.3, 0.4) is 0 Å². The van der Waals surface area contributed by atoms with E-state index in [9.17, 15) is 0 Å². The largest absolute Gasteiger partial charge is 0.126 e. The summed E-state index contributed by atoms with van der Waals surface area (Å²) in [5, 5.41) is 0.363. The fourth-order valence-corrected chi connectivity index (χ4v) is 3.20. The van der Waals surface area contributed by atoms with Gasteiger partial charge in [-0.1, -0.05) is 62.4 Å². The Balaban J connectivity index is 2.15. The average Bonchev–Trinajstić information content (AvgIpc) is 2.25. The van der Waals surface area contributed by atoms with E-state index in [-0.39, 0.29) is 0 Å². The third-order valence-corrected chi connectivity index (χ3v) is 4.51. The Kier molecular flexibility index (Phi) is 3.81. The number of rotatable bonds is 1. The van der Waals surface area contributed by atoms with E-state index < -0.39 is 0 Å². The van der Waals surface area contributed by atoms with Gasteiger partial charge in [0.05, 0.1) is 0 Å². The van der Waals surface area contributed by atoms with Gasteiger partial charge in [-0.2, -0.15) is 0 Å². The fraction of sp³-hybridized carbons (Fsp3) is 0.571. The van der Waals surface area contributed by atoms with Crippen molar-refractivity contribution in [2.45, 2.75) is 50.1 Å². The van der Waals surface area contributed by atoms with Crippen molar-refractivity contribution in [3.8, 4) is 0 Å². The Hall–Kier alpha value is -0.350. The van der Waals surface area contributed by atoms with E-state index in [4.69, 9.17) is 0 Å². The van der Waals surface area contributed by atoms with Gasteiger partial charge in [-0.25, -0.2) is 0 Å². The summed E-state index contributed by atoms with van der Waals surface area (Å²) in [6.07, 6.45) is 9.72.